The highest BCUT2D eigenvalue weighted by molar-refractivity contribution is 7.21. The van der Waals surface area contributed by atoms with Crippen molar-refractivity contribution in [1.82, 2.24) is 9.88 Å². The molecule has 1 amide bonds. The molecule has 1 N–H and O–H groups in total. The fourth-order valence-corrected chi connectivity index (χ4v) is 4.56. The fraction of sp³-hybridized carbons (Fsp3) is 0.438. The molecule has 23 heavy (non-hydrogen) atoms. The Kier molecular flexibility index (Phi) is 5.07. The van der Waals surface area contributed by atoms with Crippen LogP contribution in [0.5, 0.6) is 0 Å². The highest BCUT2D eigenvalue weighted by Crippen LogP contribution is 2.31. The number of likely N-dealkylation sites (tertiary alicyclic amines) is 1. The van der Waals surface area contributed by atoms with Gasteiger partial charge in [-0.25, -0.2) is 4.98 Å². The SMILES string of the molecule is O=C(O)CCC1CCCCN1C(=O)c1cnc(-c2cccs2)s1. The van der Waals surface area contributed by atoms with E-state index in [2.05, 4.69) is 4.98 Å². The maximum Gasteiger partial charge on any atom is 0.303 e. The van der Waals surface area contributed by atoms with Crippen molar-refractivity contribution in [2.45, 2.75) is 38.1 Å². The minimum atomic E-state index is -0.805. The van der Waals surface area contributed by atoms with Crippen LogP contribution in [0.2, 0.25) is 0 Å². The number of aromatic nitrogens is 1. The summed E-state index contributed by atoms with van der Waals surface area (Å²) in [6, 6.07) is 3.99. The third-order valence-corrected chi connectivity index (χ3v) is 6.05. The number of thiazole rings is 1. The molecule has 0 radical (unpaired) electrons. The number of aliphatic carboxylic acids is 1. The zero-order valence-corrected chi connectivity index (χ0v) is 14.2. The van der Waals surface area contributed by atoms with Crippen LogP contribution in [0.15, 0.2) is 23.7 Å². The van der Waals surface area contributed by atoms with Crippen LogP contribution in [0.25, 0.3) is 9.88 Å². The fourth-order valence-electron chi connectivity index (χ4n) is 2.89. The monoisotopic (exact) mass is 350 g/mol. The number of rotatable bonds is 5. The predicted octanol–water partition coefficient (Wildman–Crippen LogP) is 3.73. The summed E-state index contributed by atoms with van der Waals surface area (Å²) in [6.45, 7) is 0.704. The smallest absolute Gasteiger partial charge is 0.303 e. The maximum absolute atomic E-state index is 12.8. The molecule has 0 saturated carbocycles. The molecule has 0 spiro atoms. The minimum Gasteiger partial charge on any atom is -0.481 e. The normalized spacial score (nSPS) is 18.1. The molecule has 3 rings (SSSR count). The number of piperidine rings is 1. The van der Waals surface area contributed by atoms with Gasteiger partial charge in [0.05, 0.1) is 11.1 Å². The van der Waals surface area contributed by atoms with E-state index in [1.807, 2.05) is 22.4 Å². The number of hydrogen-bond donors (Lipinski definition) is 1. The zero-order chi connectivity index (χ0) is 16.2. The molecule has 1 atom stereocenters. The van der Waals surface area contributed by atoms with Gasteiger partial charge in [-0.3, -0.25) is 9.59 Å². The van der Waals surface area contributed by atoms with E-state index < -0.39 is 5.97 Å². The Morgan fingerprint density at radius 3 is 3.00 bits per heavy atom. The molecule has 5 nitrogen and oxygen atoms in total. The van der Waals surface area contributed by atoms with Gasteiger partial charge in [-0.2, -0.15) is 0 Å². The van der Waals surface area contributed by atoms with E-state index in [-0.39, 0.29) is 18.4 Å². The lowest BCUT2D eigenvalue weighted by Crippen LogP contribution is -2.43. The lowest BCUT2D eigenvalue weighted by Gasteiger charge is -2.35. The molecule has 0 bridgehead atoms. The van der Waals surface area contributed by atoms with Crippen LogP contribution in [0.1, 0.15) is 41.8 Å². The van der Waals surface area contributed by atoms with Crippen molar-refractivity contribution in [3.8, 4) is 9.88 Å². The second-order valence-corrected chi connectivity index (χ2v) is 7.57. The van der Waals surface area contributed by atoms with Gasteiger partial charge in [0.25, 0.3) is 5.91 Å². The Balaban J connectivity index is 1.73. The number of amides is 1. The van der Waals surface area contributed by atoms with Gasteiger partial charge in [0.1, 0.15) is 9.88 Å². The van der Waals surface area contributed by atoms with E-state index in [4.69, 9.17) is 5.11 Å². The van der Waals surface area contributed by atoms with Crippen molar-refractivity contribution in [3.05, 3.63) is 28.6 Å². The van der Waals surface area contributed by atoms with E-state index in [1.54, 1.807) is 17.5 Å². The highest BCUT2D eigenvalue weighted by atomic mass is 32.1. The molecule has 2 aromatic heterocycles. The number of hydrogen-bond acceptors (Lipinski definition) is 5. The Bertz CT molecular complexity index is 681. The molecule has 7 heteroatoms. The van der Waals surface area contributed by atoms with E-state index in [1.165, 1.54) is 11.3 Å². The lowest BCUT2D eigenvalue weighted by molar-refractivity contribution is -0.137. The third kappa shape index (κ3) is 3.79. The van der Waals surface area contributed by atoms with E-state index in [0.29, 0.717) is 17.8 Å². The maximum atomic E-state index is 12.8. The summed E-state index contributed by atoms with van der Waals surface area (Å²) < 4.78 is 0. The molecule has 2 aromatic rings. The van der Waals surface area contributed by atoms with Crippen LogP contribution in [0, 0.1) is 0 Å². The number of carboxylic acid groups (broad SMARTS) is 1. The first-order valence-electron chi connectivity index (χ1n) is 7.67. The minimum absolute atomic E-state index is 0.0135. The van der Waals surface area contributed by atoms with E-state index >= 15 is 0 Å². The third-order valence-electron chi connectivity index (χ3n) is 4.03. The second kappa shape index (κ2) is 7.23. The van der Waals surface area contributed by atoms with Crippen molar-refractivity contribution >= 4 is 34.6 Å². The quantitative estimate of drug-likeness (QED) is 0.892. The first-order chi connectivity index (χ1) is 11.1. The number of carbonyl (C=O) groups excluding carboxylic acids is 1. The van der Waals surface area contributed by atoms with Crippen LogP contribution in [0.3, 0.4) is 0 Å². The van der Waals surface area contributed by atoms with Gasteiger partial charge in [0.2, 0.25) is 0 Å². The number of thiophene rings is 1. The molecule has 1 aliphatic rings. The Labute approximate surface area is 142 Å². The average molecular weight is 350 g/mol. The molecule has 1 saturated heterocycles. The van der Waals surface area contributed by atoms with Crippen molar-refractivity contribution < 1.29 is 14.7 Å². The lowest BCUT2D eigenvalue weighted by atomic mass is 9.97. The Hall–Kier alpha value is -1.73. The predicted molar refractivity (Wildman–Crippen MR) is 91.0 cm³/mol. The van der Waals surface area contributed by atoms with Gasteiger partial charge in [0.15, 0.2) is 0 Å². The Morgan fingerprint density at radius 1 is 1.39 bits per heavy atom. The molecular formula is C16H18N2O3S2. The largest absolute Gasteiger partial charge is 0.481 e. The number of carbonyl (C=O) groups is 2. The zero-order valence-electron chi connectivity index (χ0n) is 12.6. The van der Waals surface area contributed by atoms with Gasteiger partial charge in [-0.15, -0.1) is 22.7 Å². The average Bonchev–Trinajstić information content (AvgIpc) is 3.23. The first kappa shape index (κ1) is 16.1. The Morgan fingerprint density at radius 2 is 2.26 bits per heavy atom. The first-order valence-corrected chi connectivity index (χ1v) is 9.37. The standard InChI is InChI=1S/C16H18N2O3S2/c19-14(20)7-6-11-4-1-2-8-18(11)16(21)13-10-17-15(23-13)12-5-3-9-22-12/h3,5,9-11H,1-2,4,6-8H2,(H,19,20). The molecule has 0 aliphatic carbocycles. The molecule has 1 aliphatic heterocycles. The summed E-state index contributed by atoms with van der Waals surface area (Å²) in [5, 5.41) is 11.7. The summed E-state index contributed by atoms with van der Waals surface area (Å²) in [5.41, 5.74) is 0. The van der Waals surface area contributed by atoms with E-state index in [9.17, 15) is 9.59 Å². The van der Waals surface area contributed by atoms with Gasteiger partial charge >= 0.3 is 5.97 Å². The van der Waals surface area contributed by atoms with Crippen LogP contribution in [-0.2, 0) is 4.79 Å². The summed E-state index contributed by atoms with van der Waals surface area (Å²) in [4.78, 5) is 31.5. The summed E-state index contributed by atoms with van der Waals surface area (Å²) in [6.07, 6.45) is 5.19. The molecule has 3 heterocycles. The molecule has 0 aromatic carbocycles. The summed E-state index contributed by atoms with van der Waals surface area (Å²) >= 11 is 3.02. The molecule has 1 unspecified atom stereocenters. The van der Waals surface area contributed by atoms with Crippen molar-refractivity contribution in [2.75, 3.05) is 6.54 Å². The van der Waals surface area contributed by atoms with Gasteiger partial charge in [-0.05, 0) is 37.1 Å². The van der Waals surface area contributed by atoms with E-state index in [0.717, 1.165) is 29.1 Å². The van der Waals surface area contributed by atoms with Crippen molar-refractivity contribution in [1.29, 1.82) is 0 Å². The number of carboxylic acids is 1. The molecule has 122 valence electrons. The van der Waals surface area contributed by atoms with Crippen molar-refractivity contribution in [2.24, 2.45) is 0 Å². The summed E-state index contributed by atoms with van der Waals surface area (Å²) in [7, 11) is 0. The second-order valence-electron chi connectivity index (χ2n) is 5.59. The molecular weight excluding hydrogens is 332 g/mol. The van der Waals surface area contributed by atoms with Crippen LogP contribution < -0.4 is 0 Å². The van der Waals surface area contributed by atoms with Crippen LogP contribution in [0.4, 0.5) is 0 Å². The van der Waals surface area contributed by atoms with Crippen LogP contribution >= 0.6 is 22.7 Å². The highest BCUT2D eigenvalue weighted by Gasteiger charge is 2.29. The summed E-state index contributed by atoms with van der Waals surface area (Å²) in [5.74, 6) is -0.818. The van der Waals surface area contributed by atoms with Gasteiger partial charge < -0.3 is 10.0 Å². The van der Waals surface area contributed by atoms with Gasteiger partial charge in [0, 0.05) is 19.0 Å². The van der Waals surface area contributed by atoms with Gasteiger partial charge in [-0.1, -0.05) is 6.07 Å². The van der Waals surface area contributed by atoms with Crippen LogP contribution in [-0.4, -0.2) is 39.5 Å². The van der Waals surface area contributed by atoms with Crippen molar-refractivity contribution in [3.63, 3.8) is 0 Å². The molecule has 1 fully saturated rings. The number of nitrogens with zero attached hydrogens (tertiary/aromatic N) is 2. The topological polar surface area (TPSA) is 70.5 Å².